The molecule has 1 amide bonds. The molecular weight excluding hydrogens is 236 g/mol. The van der Waals surface area contributed by atoms with Gasteiger partial charge in [-0.05, 0) is 42.9 Å². The van der Waals surface area contributed by atoms with Crippen molar-refractivity contribution < 1.29 is 4.79 Å². The molecule has 110 valence electrons. The Bertz CT molecular complexity index is 338. The normalized spacial score (nSPS) is 29.1. The van der Waals surface area contributed by atoms with Gasteiger partial charge < -0.3 is 11.1 Å². The molecule has 3 heteroatoms. The standard InChI is InChI=1S/C16H30N2O/c1-14(2)9-12(10-15(3,4)11-14)18-13(19)16(17)7-5-6-8-16/h12H,5-11,17H2,1-4H3,(H,18,19). The van der Waals surface area contributed by atoms with Crippen molar-refractivity contribution >= 4 is 5.91 Å². The van der Waals surface area contributed by atoms with Crippen molar-refractivity contribution in [2.24, 2.45) is 16.6 Å². The summed E-state index contributed by atoms with van der Waals surface area (Å²) in [4.78, 5) is 12.4. The monoisotopic (exact) mass is 266 g/mol. The minimum atomic E-state index is -0.592. The highest BCUT2D eigenvalue weighted by atomic mass is 16.2. The van der Waals surface area contributed by atoms with Gasteiger partial charge in [-0.3, -0.25) is 4.79 Å². The minimum absolute atomic E-state index is 0.0866. The van der Waals surface area contributed by atoms with Gasteiger partial charge in [0.1, 0.15) is 0 Å². The highest BCUT2D eigenvalue weighted by Crippen LogP contribution is 2.45. The first-order valence-corrected chi connectivity index (χ1v) is 7.72. The Morgan fingerprint density at radius 2 is 1.53 bits per heavy atom. The van der Waals surface area contributed by atoms with Crippen molar-refractivity contribution in [3.8, 4) is 0 Å². The van der Waals surface area contributed by atoms with Crippen LogP contribution < -0.4 is 11.1 Å². The Labute approximate surface area is 117 Å². The van der Waals surface area contributed by atoms with Crippen LogP contribution in [0.1, 0.15) is 72.6 Å². The summed E-state index contributed by atoms with van der Waals surface area (Å²) < 4.78 is 0. The molecule has 0 bridgehead atoms. The van der Waals surface area contributed by atoms with Crippen LogP contribution in [0.3, 0.4) is 0 Å². The van der Waals surface area contributed by atoms with Gasteiger partial charge in [0, 0.05) is 6.04 Å². The van der Waals surface area contributed by atoms with Crippen LogP contribution in [0.5, 0.6) is 0 Å². The van der Waals surface area contributed by atoms with Crippen LogP contribution in [0, 0.1) is 10.8 Å². The van der Waals surface area contributed by atoms with Crippen molar-refractivity contribution in [1.82, 2.24) is 5.32 Å². The highest BCUT2D eigenvalue weighted by Gasteiger charge is 2.42. The summed E-state index contributed by atoms with van der Waals surface area (Å²) in [6.07, 6.45) is 7.23. The maximum atomic E-state index is 12.4. The molecule has 0 aliphatic heterocycles. The van der Waals surface area contributed by atoms with Crippen molar-refractivity contribution in [1.29, 1.82) is 0 Å². The molecule has 0 radical (unpaired) electrons. The first-order chi connectivity index (χ1) is 8.62. The zero-order valence-corrected chi connectivity index (χ0v) is 13.0. The van der Waals surface area contributed by atoms with Crippen molar-refractivity contribution in [3.05, 3.63) is 0 Å². The molecule has 0 aromatic carbocycles. The van der Waals surface area contributed by atoms with E-state index in [9.17, 15) is 4.79 Å². The number of hydrogen-bond acceptors (Lipinski definition) is 2. The second-order valence-electron chi connectivity index (χ2n) is 8.45. The third kappa shape index (κ3) is 3.50. The highest BCUT2D eigenvalue weighted by molar-refractivity contribution is 5.86. The van der Waals surface area contributed by atoms with E-state index >= 15 is 0 Å². The smallest absolute Gasteiger partial charge is 0.240 e. The summed E-state index contributed by atoms with van der Waals surface area (Å²) in [7, 11) is 0. The maximum Gasteiger partial charge on any atom is 0.240 e. The molecule has 2 fully saturated rings. The molecule has 0 saturated heterocycles. The van der Waals surface area contributed by atoms with Crippen molar-refractivity contribution in [2.45, 2.75) is 84.2 Å². The second-order valence-corrected chi connectivity index (χ2v) is 8.45. The van der Waals surface area contributed by atoms with E-state index in [-0.39, 0.29) is 11.9 Å². The lowest BCUT2D eigenvalue weighted by Crippen LogP contribution is -2.56. The molecule has 2 aliphatic carbocycles. The van der Waals surface area contributed by atoms with Gasteiger partial charge in [0.25, 0.3) is 0 Å². The van der Waals surface area contributed by atoms with Gasteiger partial charge in [0.15, 0.2) is 0 Å². The van der Waals surface area contributed by atoms with Gasteiger partial charge in [0.2, 0.25) is 5.91 Å². The zero-order valence-electron chi connectivity index (χ0n) is 13.0. The quantitative estimate of drug-likeness (QED) is 0.807. The molecular formula is C16H30N2O. The molecule has 19 heavy (non-hydrogen) atoms. The molecule has 0 spiro atoms. The van der Waals surface area contributed by atoms with Crippen molar-refractivity contribution in [2.75, 3.05) is 0 Å². The SMILES string of the molecule is CC1(C)CC(NC(=O)C2(N)CCCC2)CC(C)(C)C1. The second kappa shape index (κ2) is 4.76. The first-order valence-electron chi connectivity index (χ1n) is 7.72. The number of hydrogen-bond donors (Lipinski definition) is 2. The van der Waals surface area contributed by atoms with Crippen LogP contribution in [0.2, 0.25) is 0 Å². The molecule has 0 heterocycles. The Morgan fingerprint density at radius 1 is 1.05 bits per heavy atom. The largest absolute Gasteiger partial charge is 0.352 e. The maximum absolute atomic E-state index is 12.4. The number of amides is 1. The van der Waals surface area contributed by atoms with Crippen LogP contribution in [-0.2, 0) is 4.79 Å². The summed E-state index contributed by atoms with van der Waals surface area (Å²) in [5.74, 6) is 0.0866. The van der Waals surface area contributed by atoms with Gasteiger partial charge in [-0.1, -0.05) is 40.5 Å². The van der Waals surface area contributed by atoms with Gasteiger partial charge in [-0.2, -0.15) is 0 Å². The topological polar surface area (TPSA) is 55.1 Å². The zero-order chi connectivity index (χ0) is 14.3. The van der Waals surface area contributed by atoms with Crippen LogP contribution in [0.15, 0.2) is 0 Å². The molecule has 0 aromatic heterocycles. The molecule has 3 nitrogen and oxygen atoms in total. The molecule has 0 atom stereocenters. The third-order valence-electron chi connectivity index (χ3n) is 4.84. The summed E-state index contributed by atoms with van der Waals surface area (Å²) in [5.41, 5.74) is 6.26. The van der Waals surface area contributed by atoms with E-state index in [2.05, 4.69) is 33.0 Å². The fourth-order valence-electron chi connectivity index (χ4n) is 4.51. The first kappa shape index (κ1) is 14.8. The third-order valence-corrected chi connectivity index (χ3v) is 4.84. The fourth-order valence-corrected chi connectivity index (χ4v) is 4.51. The van der Waals surface area contributed by atoms with E-state index in [1.807, 2.05) is 0 Å². The van der Waals surface area contributed by atoms with Crippen LogP contribution >= 0.6 is 0 Å². The van der Waals surface area contributed by atoms with E-state index < -0.39 is 5.54 Å². The Kier molecular flexibility index (Phi) is 3.72. The molecule has 0 aromatic rings. The lowest BCUT2D eigenvalue weighted by molar-refractivity contribution is -0.127. The molecule has 3 N–H and O–H groups in total. The van der Waals surface area contributed by atoms with Gasteiger partial charge in [-0.25, -0.2) is 0 Å². The van der Waals surface area contributed by atoms with Crippen LogP contribution in [-0.4, -0.2) is 17.5 Å². The Balaban J connectivity index is 2.00. The van der Waals surface area contributed by atoms with E-state index in [0.29, 0.717) is 10.8 Å². The fraction of sp³-hybridized carbons (Fsp3) is 0.938. The van der Waals surface area contributed by atoms with E-state index in [1.54, 1.807) is 0 Å². The van der Waals surface area contributed by atoms with Gasteiger partial charge in [0.05, 0.1) is 5.54 Å². The summed E-state index contributed by atoms with van der Waals surface area (Å²) >= 11 is 0. The Morgan fingerprint density at radius 3 is 2.00 bits per heavy atom. The predicted molar refractivity (Wildman–Crippen MR) is 78.7 cm³/mol. The van der Waals surface area contributed by atoms with Gasteiger partial charge in [-0.15, -0.1) is 0 Å². The van der Waals surface area contributed by atoms with Crippen LogP contribution in [0.25, 0.3) is 0 Å². The minimum Gasteiger partial charge on any atom is -0.352 e. The number of nitrogens with one attached hydrogen (secondary N) is 1. The van der Waals surface area contributed by atoms with Gasteiger partial charge >= 0.3 is 0 Å². The average molecular weight is 266 g/mol. The summed E-state index contributed by atoms with van der Waals surface area (Å²) in [5, 5.41) is 3.25. The molecule has 0 unspecified atom stereocenters. The number of carbonyl (C=O) groups is 1. The predicted octanol–water partition coefficient (Wildman–Crippen LogP) is 2.98. The summed E-state index contributed by atoms with van der Waals surface area (Å²) in [6, 6.07) is 0.285. The lowest BCUT2D eigenvalue weighted by atomic mass is 9.63. The lowest BCUT2D eigenvalue weighted by Gasteiger charge is -2.45. The van der Waals surface area contributed by atoms with E-state index in [0.717, 1.165) is 38.5 Å². The van der Waals surface area contributed by atoms with E-state index in [1.165, 1.54) is 6.42 Å². The average Bonchev–Trinajstić information content (AvgIpc) is 2.61. The number of rotatable bonds is 2. The van der Waals surface area contributed by atoms with Crippen molar-refractivity contribution in [3.63, 3.8) is 0 Å². The molecule has 2 rings (SSSR count). The van der Waals surface area contributed by atoms with Crippen LogP contribution in [0.4, 0.5) is 0 Å². The number of carbonyl (C=O) groups excluding carboxylic acids is 1. The summed E-state index contributed by atoms with van der Waals surface area (Å²) in [6.45, 7) is 9.23. The molecule has 2 aliphatic rings. The Hall–Kier alpha value is -0.570. The molecule has 2 saturated carbocycles. The number of nitrogens with two attached hydrogens (primary N) is 1. The van der Waals surface area contributed by atoms with E-state index in [4.69, 9.17) is 5.73 Å².